The van der Waals surface area contributed by atoms with E-state index in [9.17, 15) is 9.18 Å². The Morgan fingerprint density at radius 2 is 2.04 bits per heavy atom. The molecule has 1 amide bonds. The molecule has 0 aliphatic carbocycles. The minimum absolute atomic E-state index is 0.0839. The summed E-state index contributed by atoms with van der Waals surface area (Å²) in [6.45, 7) is 4.49. The lowest BCUT2D eigenvalue weighted by Crippen LogP contribution is -2.45. The molecule has 0 unspecified atom stereocenters. The number of aryl methyl sites for hydroxylation is 1. The fourth-order valence-electron chi connectivity index (χ4n) is 3.25. The molecule has 28 heavy (non-hydrogen) atoms. The van der Waals surface area contributed by atoms with Gasteiger partial charge in [0.1, 0.15) is 29.4 Å². The SMILES string of the molecule is Cc1nc(N[C@H]2COC[C@@H]2Oc2ccc(F)cc2)nc2c1NC(=O)[C@H](C)N2C. The van der Waals surface area contributed by atoms with E-state index in [1.807, 2.05) is 25.8 Å². The van der Waals surface area contributed by atoms with Crippen LogP contribution in [-0.4, -0.2) is 54.3 Å². The Labute approximate surface area is 162 Å². The molecule has 4 rings (SSSR count). The molecule has 0 radical (unpaired) electrons. The number of anilines is 3. The Hall–Kier alpha value is -2.94. The van der Waals surface area contributed by atoms with Gasteiger partial charge in [-0.15, -0.1) is 0 Å². The van der Waals surface area contributed by atoms with Gasteiger partial charge in [-0.25, -0.2) is 9.37 Å². The molecule has 0 saturated carbocycles. The summed E-state index contributed by atoms with van der Waals surface area (Å²) in [5.74, 6) is 1.28. The average molecular weight is 387 g/mol. The second-order valence-electron chi connectivity index (χ2n) is 7.01. The molecule has 148 valence electrons. The van der Waals surface area contributed by atoms with Gasteiger partial charge in [0, 0.05) is 7.05 Å². The van der Waals surface area contributed by atoms with Crippen LogP contribution in [0.4, 0.5) is 21.8 Å². The van der Waals surface area contributed by atoms with Gasteiger partial charge in [-0.1, -0.05) is 0 Å². The smallest absolute Gasteiger partial charge is 0.246 e. The number of likely N-dealkylation sites (N-methyl/N-ethyl adjacent to an activating group) is 1. The highest BCUT2D eigenvalue weighted by Crippen LogP contribution is 2.32. The lowest BCUT2D eigenvalue weighted by molar-refractivity contribution is -0.117. The molecular formula is C19H22FN5O3. The first kappa shape index (κ1) is 18.4. The summed E-state index contributed by atoms with van der Waals surface area (Å²) >= 11 is 0. The monoisotopic (exact) mass is 387 g/mol. The average Bonchev–Trinajstić information content (AvgIpc) is 3.09. The van der Waals surface area contributed by atoms with Crippen molar-refractivity contribution in [2.24, 2.45) is 0 Å². The molecule has 2 aliphatic heterocycles. The number of rotatable bonds is 4. The van der Waals surface area contributed by atoms with E-state index in [0.29, 0.717) is 42.1 Å². The minimum atomic E-state index is -0.320. The summed E-state index contributed by atoms with van der Waals surface area (Å²) in [6.07, 6.45) is -0.262. The molecule has 2 aliphatic rings. The molecule has 1 aromatic heterocycles. The van der Waals surface area contributed by atoms with Crippen molar-refractivity contribution in [3.63, 3.8) is 0 Å². The Kier molecular flexibility index (Phi) is 4.76. The zero-order chi connectivity index (χ0) is 19.8. The third-order valence-electron chi connectivity index (χ3n) is 5.06. The number of fused-ring (bicyclic) bond motifs is 1. The Balaban J connectivity index is 1.53. The van der Waals surface area contributed by atoms with Gasteiger partial charge in [-0.05, 0) is 38.1 Å². The molecule has 1 fully saturated rings. The molecule has 1 saturated heterocycles. The zero-order valence-corrected chi connectivity index (χ0v) is 15.9. The Morgan fingerprint density at radius 1 is 1.29 bits per heavy atom. The molecule has 0 spiro atoms. The predicted octanol–water partition coefficient (Wildman–Crippen LogP) is 1.96. The summed E-state index contributed by atoms with van der Waals surface area (Å²) in [5, 5.41) is 6.14. The molecular weight excluding hydrogens is 365 g/mol. The minimum Gasteiger partial charge on any atom is -0.486 e. The number of amides is 1. The summed E-state index contributed by atoms with van der Waals surface area (Å²) in [7, 11) is 1.83. The molecule has 0 bridgehead atoms. The van der Waals surface area contributed by atoms with Crippen molar-refractivity contribution in [3.05, 3.63) is 35.8 Å². The Morgan fingerprint density at radius 3 is 2.79 bits per heavy atom. The standard InChI is InChI=1S/C19H22FN5O3/c1-10-16-17(25(3)11(2)18(26)23-16)24-19(21-10)22-14-8-27-9-15(14)28-13-6-4-12(20)5-7-13/h4-7,11,14-15H,8-9H2,1-3H3,(H,23,26)(H,21,22,24)/t11-,14-,15-/m0/s1. The maximum Gasteiger partial charge on any atom is 0.246 e. The molecule has 9 heteroatoms. The third kappa shape index (κ3) is 3.45. The zero-order valence-electron chi connectivity index (χ0n) is 15.9. The van der Waals surface area contributed by atoms with Gasteiger partial charge in [-0.2, -0.15) is 4.98 Å². The van der Waals surface area contributed by atoms with Crippen LogP contribution in [0.15, 0.2) is 24.3 Å². The normalized spacial score (nSPS) is 23.9. The number of benzene rings is 1. The largest absolute Gasteiger partial charge is 0.486 e. The number of nitrogens with zero attached hydrogens (tertiary/aromatic N) is 3. The van der Waals surface area contributed by atoms with Crippen molar-refractivity contribution in [2.75, 3.05) is 35.8 Å². The van der Waals surface area contributed by atoms with E-state index in [2.05, 4.69) is 20.6 Å². The van der Waals surface area contributed by atoms with Gasteiger partial charge >= 0.3 is 0 Å². The maximum atomic E-state index is 13.1. The van der Waals surface area contributed by atoms with E-state index < -0.39 is 0 Å². The van der Waals surface area contributed by atoms with Crippen LogP contribution < -0.4 is 20.3 Å². The molecule has 2 N–H and O–H groups in total. The number of halogens is 1. The van der Waals surface area contributed by atoms with Crippen LogP contribution in [0.2, 0.25) is 0 Å². The van der Waals surface area contributed by atoms with E-state index in [0.717, 1.165) is 0 Å². The van der Waals surface area contributed by atoms with Crippen LogP contribution in [0.5, 0.6) is 5.75 Å². The first-order valence-electron chi connectivity index (χ1n) is 9.11. The number of carbonyl (C=O) groups is 1. The summed E-state index contributed by atoms with van der Waals surface area (Å²) in [6, 6.07) is 5.40. The number of carbonyl (C=O) groups excluding carboxylic acids is 1. The quantitative estimate of drug-likeness (QED) is 0.829. The van der Waals surface area contributed by atoms with Crippen molar-refractivity contribution < 1.29 is 18.7 Å². The van der Waals surface area contributed by atoms with Gasteiger partial charge < -0.3 is 25.0 Å². The highest BCUT2D eigenvalue weighted by molar-refractivity contribution is 6.03. The fraction of sp³-hybridized carbons (Fsp3) is 0.421. The van der Waals surface area contributed by atoms with E-state index >= 15 is 0 Å². The topological polar surface area (TPSA) is 88.6 Å². The molecule has 2 aromatic rings. The van der Waals surface area contributed by atoms with Gasteiger partial charge in [-0.3, -0.25) is 4.79 Å². The lowest BCUT2D eigenvalue weighted by Gasteiger charge is -2.33. The van der Waals surface area contributed by atoms with Gasteiger partial charge in [0.05, 0.1) is 24.9 Å². The van der Waals surface area contributed by atoms with Crippen molar-refractivity contribution >= 4 is 23.4 Å². The first-order valence-corrected chi connectivity index (χ1v) is 9.11. The molecule has 3 atom stereocenters. The number of aromatic nitrogens is 2. The Bertz CT molecular complexity index is 892. The van der Waals surface area contributed by atoms with E-state index in [1.54, 1.807) is 12.1 Å². The van der Waals surface area contributed by atoms with Crippen molar-refractivity contribution in [2.45, 2.75) is 32.0 Å². The number of nitrogens with one attached hydrogen (secondary N) is 2. The van der Waals surface area contributed by atoms with E-state index in [1.165, 1.54) is 12.1 Å². The molecule has 3 heterocycles. The summed E-state index contributed by atoms with van der Waals surface area (Å²) in [5.41, 5.74) is 1.30. The van der Waals surface area contributed by atoms with Crippen LogP contribution in [-0.2, 0) is 9.53 Å². The van der Waals surface area contributed by atoms with Gasteiger partial charge in [0.2, 0.25) is 11.9 Å². The maximum absolute atomic E-state index is 13.1. The summed E-state index contributed by atoms with van der Waals surface area (Å²) in [4.78, 5) is 22.9. The van der Waals surface area contributed by atoms with E-state index in [-0.39, 0.29) is 29.9 Å². The van der Waals surface area contributed by atoms with Crippen LogP contribution in [0, 0.1) is 12.7 Å². The lowest BCUT2D eigenvalue weighted by atomic mass is 10.2. The van der Waals surface area contributed by atoms with Crippen LogP contribution in [0.3, 0.4) is 0 Å². The van der Waals surface area contributed by atoms with Crippen LogP contribution in [0.1, 0.15) is 12.6 Å². The van der Waals surface area contributed by atoms with Crippen LogP contribution in [0.25, 0.3) is 0 Å². The van der Waals surface area contributed by atoms with Gasteiger partial charge in [0.15, 0.2) is 5.82 Å². The highest BCUT2D eigenvalue weighted by Gasteiger charge is 2.33. The number of ether oxygens (including phenoxy) is 2. The summed E-state index contributed by atoms with van der Waals surface area (Å²) < 4.78 is 24.6. The second-order valence-corrected chi connectivity index (χ2v) is 7.01. The van der Waals surface area contributed by atoms with Crippen molar-refractivity contribution in [3.8, 4) is 5.75 Å². The van der Waals surface area contributed by atoms with Crippen LogP contribution >= 0.6 is 0 Å². The fourth-order valence-corrected chi connectivity index (χ4v) is 3.25. The number of hydrogen-bond acceptors (Lipinski definition) is 7. The first-order chi connectivity index (χ1) is 13.4. The molecule has 1 aromatic carbocycles. The third-order valence-corrected chi connectivity index (χ3v) is 5.06. The van der Waals surface area contributed by atoms with E-state index in [4.69, 9.17) is 9.47 Å². The molecule has 8 nitrogen and oxygen atoms in total. The van der Waals surface area contributed by atoms with Crippen molar-refractivity contribution in [1.29, 1.82) is 0 Å². The second kappa shape index (κ2) is 7.23. The number of hydrogen-bond donors (Lipinski definition) is 2. The van der Waals surface area contributed by atoms with Gasteiger partial charge in [0.25, 0.3) is 0 Å². The highest BCUT2D eigenvalue weighted by atomic mass is 19.1. The predicted molar refractivity (Wildman–Crippen MR) is 102 cm³/mol. The van der Waals surface area contributed by atoms with Crippen molar-refractivity contribution in [1.82, 2.24) is 9.97 Å².